The number of thioether (sulfide) groups is 1. The van der Waals surface area contributed by atoms with E-state index in [1.165, 1.54) is 36.8 Å². The van der Waals surface area contributed by atoms with Gasteiger partial charge in [-0.1, -0.05) is 44.5 Å². The van der Waals surface area contributed by atoms with E-state index < -0.39 is 0 Å². The molecule has 0 spiro atoms. The van der Waals surface area contributed by atoms with Crippen LogP contribution >= 0.6 is 11.8 Å². The van der Waals surface area contributed by atoms with E-state index in [1.54, 1.807) is 0 Å². The third-order valence-electron chi connectivity index (χ3n) is 3.99. The molecular formula is C17H27NS. The van der Waals surface area contributed by atoms with E-state index >= 15 is 0 Å². The molecule has 0 radical (unpaired) electrons. The van der Waals surface area contributed by atoms with Crippen LogP contribution in [0.1, 0.15) is 44.2 Å². The van der Waals surface area contributed by atoms with Crippen LogP contribution in [0.2, 0.25) is 0 Å². The van der Waals surface area contributed by atoms with Crippen molar-refractivity contribution in [3.8, 4) is 0 Å². The first kappa shape index (κ1) is 14.9. The summed E-state index contributed by atoms with van der Waals surface area (Å²) in [6, 6.07) is 9.86. The monoisotopic (exact) mass is 277 g/mol. The molecule has 0 aliphatic heterocycles. The molecule has 1 fully saturated rings. The van der Waals surface area contributed by atoms with Crippen LogP contribution in [0.4, 0.5) is 0 Å². The molecule has 0 aromatic heterocycles. The second-order valence-corrected chi connectivity index (χ2v) is 7.18. The van der Waals surface area contributed by atoms with E-state index in [2.05, 4.69) is 49.7 Å². The van der Waals surface area contributed by atoms with E-state index in [4.69, 9.17) is 0 Å². The Labute approximate surface area is 122 Å². The molecule has 0 heterocycles. The average Bonchev–Trinajstić information content (AvgIpc) is 2.84. The fraction of sp³-hybridized carbons (Fsp3) is 0.647. The zero-order valence-electron chi connectivity index (χ0n) is 12.5. The van der Waals surface area contributed by atoms with Gasteiger partial charge in [0.1, 0.15) is 0 Å². The van der Waals surface area contributed by atoms with Crippen LogP contribution in [-0.4, -0.2) is 17.5 Å². The molecule has 2 rings (SSSR count). The standard InChI is InChI=1S/C17H27NS/c1-13(2)11-14-7-9-15(10-8-14)12-18-16-5-4-6-17(16)19-3/h7-10,13,16-18H,4-6,11-12H2,1-3H3. The summed E-state index contributed by atoms with van der Waals surface area (Å²) < 4.78 is 0. The Balaban J connectivity index is 1.82. The van der Waals surface area contributed by atoms with Gasteiger partial charge in [0, 0.05) is 17.8 Å². The summed E-state index contributed by atoms with van der Waals surface area (Å²) in [5.74, 6) is 0.741. The van der Waals surface area contributed by atoms with Gasteiger partial charge in [-0.2, -0.15) is 11.8 Å². The Morgan fingerprint density at radius 3 is 2.47 bits per heavy atom. The summed E-state index contributed by atoms with van der Waals surface area (Å²) in [5, 5.41) is 4.56. The van der Waals surface area contributed by atoms with Crippen LogP contribution in [0.15, 0.2) is 24.3 Å². The summed E-state index contributed by atoms with van der Waals surface area (Å²) in [6.45, 7) is 5.57. The van der Waals surface area contributed by atoms with Crippen molar-refractivity contribution in [2.75, 3.05) is 6.26 Å². The molecule has 1 nitrogen and oxygen atoms in total. The smallest absolute Gasteiger partial charge is 0.0208 e. The maximum absolute atomic E-state index is 3.74. The highest BCUT2D eigenvalue weighted by Crippen LogP contribution is 2.28. The van der Waals surface area contributed by atoms with E-state index in [0.29, 0.717) is 6.04 Å². The number of hydrogen-bond donors (Lipinski definition) is 1. The highest BCUT2D eigenvalue weighted by Gasteiger charge is 2.25. The van der Waals surface area contributed by atoms with E-state index in [0.717, 1.165) is 17.7 Å². The fourth-order valence-electron chi connectivity index (χ4n) is 2.96. The van der Waals surface area contributed by atoms with Crippen LogP contribution in [0.25, 0.3) is 0 Å². The minimum Gasteiger partial charge on any atom is -0.309 e. The molecule has 1 N–H and O–H groups in total. The van der Waals surface area contributed by atoms with Gasteiger partial charge in [-0.15, -0.1) is 0 Å². The minimum atomic E-state index is 0.713. The first-order valence-electron chi connectivity index (χ1n) is 7.53. The van der Waals surface area contributed by atoms with Gasteiger partial charge in [0.15, 0.2) is 0 Å². The minimum absolute atomic E-state index is 0.713. The third-order valence-corrected chi connectivity index (χ3v) is 5.16. The fourth-order valence-corrected chi connectivity index (χ4v) is 3.92. The highest BCUT2D eigenvalue weighted by molar-refractivity contribution is 7.99. The average molecular weight is 277 g/mol. The molecule has 2 unspecified atom stereocenters. The zero-order chi connectivity index (χ0) is 13.7. The molecule has 0 saturated heterocycles. The SMILES string of the molecule is CSC1CCCC1NCc1ccc(CC(C)C)cc1. The first-order valence-corrected chi connectivity index (χ1v) is 8.82. The quantitative estimate of drug-likeness (QED) is 0.834. The summed E-state index contributed by atoms with van der Waals surface area (Å²) in [5.41, 5.74) is 2.88. The Morgan fingerprint density at radius 2 is 1.84 bits per heavy atom. The molecule has 1 saturated carbocycles. The Bertz CT molecular complexity index is 371. The summed E-state index contributed by atoms with van der Waals surface area (Å²) in [6.07, 6.45) is 7.54. The van der Waals surface area contributed by atoms with Gasteiger partial charge in [0.2, 0.25) is 0 Å². The van der Waals surface area contributed by atoms with Crippen molar-refractivity contribution < 1.29 is 0 Å². The van der Waals surface area contributed by atoms with Crippen molar-refractivity contribution in [1.29, 1.82) is 0 Å². The van der Waals surface area contributed by atoms with Crippen molar-refractivity contribution in [2.45, 2.75) is 57.4 Å². The van der Waals surface area contributed by atoms with Crippen molar-refractivity contribution in [1.82, 2.24) is 5.32 Å². The molecule has 1 aliphatic carbocycles. The summed E-state index contributed by atoms with van der Waals surface area (Å²) in [7, 11) is 0. The molecule has 1 aliphatic rings. The Morgan fingerprint density at radius 1 is 1.16 bits per heavy atom. The highest BCUT2D eigenvalue weighted by atomic mass is 32.2. The third kappa shape index (κ3) is 4.54. The molecule has 0 bridgehead atoms. The number of hydrogen-bond acceptors (Lipinski definition) is 2. The Hall–Kier alpha value is -0.470. The molecule has 0 amide bonds. The largest absolute Gasteiger partial charge is 0.309 e. The second-order valence-electron chi connectivity index (χ2n) is 6.11. The lowest BCUT2D eigenvalue weighted by Crippen LogP contribution is -2.33. The van der Waals surface area contributed by atoms with Crippen molar-refractivity contribution in [3.05, 3.63) is 35.4 Å². The molecule has 1 aromatic carbocycles. The van der Waals surface area contributed by atoms with E-state index in [1.807, 2.05) is 11.8 Å². The van der Waals surface area contributed by atoms with Gasteiger partial charge in [-0.05, 0) is 42.6 Å². The second kappa shape index (κ2) is 7.35. The maximum Gasteiger partial charge on any atom is 0.0208 e. The lowest BCUT2D eigenvalue weighted by Gasteiger charge is -2.19. The van der Waals surface area contributed by atoms with Gasteiger partial charge in [-0.3, -0.25) is 0 Å². The number of rotatable bonds is 6. The lowest BCUT2D eigenvalue weighted by molar-refractivity contribution is 0.532. The number of benzene rings is 1. The first-order chi connectivity index (χ1) is 9.19. The van der Waals surface area contributed by atoms with Crippen LogP contribution in [-0.2, 0) is 13.0 Å². The van der Waals surface area contributed by atoms with Crippen molar-refractivity contribution in [2.24, 2.45) is 5.92 Å². The van der Waals surface area contributed by atoms with E-state index in [-0.39, 0.29) is 0 Å². The Kier molecular flexibility index (Phi) is 5.77. The number of nitrogens with one attached hydrogen (secondary N) is 1. The van der Waals surface area contributed by atoms with Crippen LogP contribution in [0.5, 0.6) is 0 Å². The van der Waals surface area contributed by atoms with Crippen LogP contribution in [0, 0.1) is 5.92 Å². The molecule has 2 atom stereocenters. The van der Waals surface area contributed by atoms with Crippen molar-refractivity contribution in [3.63, 3.8) is 0 Å². The van der Waals surface area contributed by atoms with Crippen LogP contribution in [0.3, 0.4) is 0 Å². The van der Waals surface area contributed by atoms with Gasteiger partial charge in [0.05, 0.1) is 0 Å². The molecule has 1 aromatic rings. The predicted molar refractivity (Wildman–Crippen MR) is 86.8 cm³/mol. The molecule has 106 valence electrons. The van der Waals surface area contributed by atoms with Gasteiger partial charge < -0.3 is 5.32 Å². The predicted octanol–water partition coefficient (Wildman–Crippen LogP) is 4.26. The van der Waals surface area contributed by atoms with Gasteiger partial charge in [-0.25, -0.2) is 0 Å². The maximum atomic E-state index is 3.74. The topological polar surface area (TPSA) is 12.0 Å². The van der Waals surface area contributed by atoms with Crippen molar-refractivity contribution >= 4 is 11.8 Å². The van der Waals surface area contributed by atoms with Gasteiger partial charge >= 0.3 is 0 Å². The van der Waals surface area contributed by atoms with E-state index in [9.17, 15) is 0 Å². The molecule has 19 heavy (non-hydrogen) atoms. The summed E-state index contributed by atoms with van der Waals surface area (Å²) in [4.78, 5) is 0. The zero-order valence-corrected chi connectivity index (χ0v) is 13.3. The normalized spacial score (nSPS) is 23.2. The molecule has 2 heteroatoms. The lowest BCUT2D eigenvalue weighted by atomic mass is 10.0. The van der Waals surface area contributed by atoms with Crippen LogP contribution < -0.4 is 5.32 Å². The van der Waals surface area contributed by atoms with Gasteiger partial charge in [0.25, 0.3) is 0 Å². The summed E-state index contributed by atoms with van der Waals surface area (Å²) >= 11 is 2.02. The molecular weight excluding hydrogens is 250 g/mol.